The SMILES string of the molecule is C[C@@H]1CN([C@@H](C)CO)S(=O)(=O)c2ccc(C#CCN(C)C)cc2O[C@H]1CN(C)C(=O)C1CCCCC1. The molecule has 3 atom stereocenters. The number of sulfonamides is 1. The topological polar surface area (TPSA) is 90.4 Å². The Labute approximate surface area is 216 Å². The van der Waals surface area contributed by atoms with Crippen LogP contribution in [0.25, 0.3) is 0 Å². The van der Waals surface area contributed by atoms with E-state index < -0.39 is 22.2 Å². The lowest BCUT2D eigenvalue weighted by molar-refractivity contribution is -0.136. The van der Waals surface area contributed by atoms with Crippen molar-refractivity contribution in [2.24, 2.45) is 11.8 Å². The first-order valence-corrected chi connectivity index (χ1v) is 14.3. The lowest BCUT2D eigenvalue weighted by atomic mass is 9.88. The normalized spacial score (nSPS) is 23.4. The summed E-state index contributed by atoms with van der Waals surface area (Å²) in [7, 11) is 1.75. The fraction of sp³-hybridized carbons (Fsp3) is 0.667. The summed E-state index contributed by atoms with van der Waals surface area (Å²) in [5.74, 6) is 6.34. The Hall–Kier alpha value is -2.12. The van der Waals surface area contributed by atoms with Gasteiger partial charge in [0.15, 0.2) is 0 Å². The third kappa shape index (κ3) is 6.80. The monoisotopic (exact) mass is 519 g/mol. The maximum atomic E-state index is 13.6. The first-order chi connectivity index (χ1) is 17.0. The van der Waals surface area contributed by atoms with Crippen LogP contribution in [-0.2, 0) is 14.8 Å². The van der Waals surface area contributed by atoms with E-state index in [1.54, 1.807) is 31.0 Å². The minimum Gasteiger partial charge on any atom is -0.487 e. The van der Waals surface area contributed by atoms with Crippen LogP contribution in [0.15, 0.2) is 23.1 Å². The highest BCUT2D eigenvalue weighted by molar-refractivity contribution is 7.89. The van der Waals surface area contributed by atoms with E-state index in [0.717, 1.165) is 25.7 Å². The van der Waals surface area contributed by atoms with Crippen LogP contribution in [0.1, 0.15) is 51.5 Å². The van der Waals surface area contributed by atoms with E-state index in [0.29, 0.717) is 18.7 Å². The predicted molar refractivity (Wildman–Crippen MR) is 140 cm³/mol. The molecule has 0 unspecified atom stereocenters. The Kier molecular flexibility index (Phi) is 9.81. The summed E-state index contributed by atoms with van der Waals surface area (Å²) in [6.45, 7) is 4.45. The van der Waals surface area contributed by atoms with Gasteiger partial charge in [-0.2, -0.15) is 4.31 Å². The molecule has 0 saturated heterocycles. The van der Waals surface area contributed by atoms with E-state index in [9.17, 15) is 18.3 Å². The molecule has 0 bridgehead atoms. The summed E-state index contributed by atoms with van der Waals surface area (Å²) in [5.41, 5.74) is 0.658. The number of aliphatic hydroxyl groups excluding tert-OH is 1. The van der Waals surface area contributed by atoms with Crippen molar-refractivity contribution in [1.29, 1.82) is 0 Å². The van der Waals surface area contributed by atoms with Crippen molar-refractivity contribution < 1.29 is 23.1 Å². The molecule has 0 radical (unpaired) electrons. The Morgan fingerprint density at radius 2 is 1.92 bits per heavy atom. The smallest absolute Gasteiger partial charge is 0.247 e. The number of hydrogen-bond acceptors (Lipinski definition) is 6. The largest absolute Gasteiger partial charge is 0.487 e. The van der Waals surface area contributed by atoms with Crippen LogP contribution in [0.2, 0.25) is 0 Å². The van der Waals surface area contributed by atoms with E-state index >= 15 is 0 Å². The Bertz CT molecular complexity index is 1070. The lowest BCUT2D eigenvalue weighted by Gasteiger charge is -2.38. The van der Waals surface area contributed by atoms with Gasteiger partial charge in [0.2, 0.25) is 15.9 Å². The molecule has 1 aliphatic heterocycles. The van der Waals surface area contributed by atoms with Gasteiger partial charge in [-0.1, -0.05) is 38.0 Å². The van der Waals surface area contributed by atoms with Gasteiger partial charge in [0.25, 0.3) is 0 Å². The minimum absolute atomic E-state index is 0.0461. The maximum absolute atomic E-state index is 13.6. The van der Waals surface area contributed by atoms with Crippen molar-refractivity contribution in [2.45, 2.75) is 63.0 Å². The number of carbonyl (C=O) groups excluding carboxylic acids is 1. The zero-order chi connectivity index (χ0) is 26.5. The number of benzene rings is 1. The fourth-order valence-corrected chi connectivity index (χ4v) is 6.67. The van der Waals surface area contributed by atoms with E-state index in [1.807, 2.05) is 25.9 Å². The Morgan fingerprint density at radius 1 is 1.22 bits per heavy atom. The minimum atomic E-state index is -3.91. The molecule has 3 rings (SSSR count). The predicted octanol–water partition coefficient (Wildman–Crippen LogP) is 2.41. The highest BCUT2D eigenvalue weighted by atomic mass is 32.2. The summed E-state index contributed by atoms with van der Waals surface area (Å²) >= 11 is 0. The third-order valence-electron chi connectivity index (χ3n) is 7.08. The molecular formula is C27H41N3O5S. The van der Waals surface area contributed by atoms with Crippen molar-refractivity contribution in [1.82, 2.24) is 14.1 Å². The molecule has 36 heavy (non-hydrogen) atoms. The van der Waals surface area contributed by atoms with Crippen molar-refractivity contribution >= 4 is 15.9 Å². The molecule has 9 heteroatoms. The lowest BCUT2D eigenvalue weighted by Crippen LogP contribution is -2.50. The van der Waals surface area contributed by atoms with Gasteiger partial charge in [0, 0.05) is 37.0 Å². The molecule has 0 spiro atoms. The van der Waals surface area contributed by atoms with Gasteiger partial charge >= 0.3 is 0 Å². The number of nitrogens with zero attached hydrogens (tertiary/aromatic N) is 3. The zero-order valence-corrected chi connectivity index (χ0v) is 23.1. The van der Waals surface area contributed by atoms with Gasteiger partial charge in [0.05, 0.1) is 19.7 Å². The summed E-state index contributed by atoms with van der Waals surface area (Å²) in [6.07, 6.45) is 4.76. The second kappa shape index (κ2) is 12.4. The number of aliphatic hydroxyl groups is 1. The van der Waals surface area contributed by atoms with Crippen molar-refractivity contribution in [3.05, 3.63) is 23.8 Å². The van der Waals surface area contributed by atoms with E-state index in [2.05, 4.69) is 11.8 Å². The summed E-state index contributed by atoms with van der Waals surface area (Å²) in [5, 5.41) is 9.82. The fourth-order valence-electron chi connectivity index (χ4n) is 4.84. The standard InChI is InChI=1S/C27H41N3O5S/c1-20-17-30(21(2)19-31)36(33,34)26-14-13-22(10-9-15-28(3)4)16-24(26)35-25(20)18-29(5)27(32)23-11-7-6-8-12-23/h13-14,16,20-21,23,25,31H,6-8,11-12,15,17-19H2,1-5H3/t20-,21+,25+/m1/s1. The molecular weight excluding hydrogens is 478 g/mol. The number of amides is 1. The molecule has 200 valence electrons. The van der Waals surface area contributed by atoms with Crippen molar-refractivity contribution in [2.75, 3.05) is 47.4 Å². The first kappa shape index (κ1) is 28.5. The van der Waals surface area contributed by atoms with E-state index in [4.69, 9.17) is 4.74 Å². The van der Waals surface area contributed by atoms with Crippen LogP contribution in [0.5, 0.6) is 5.75 Å². The highest BCUT2D eigenvalue weighted by Crippen LogP contribution is 2.34. The Balaban J connectivity index is 1.96. The molecule has 1 saturated carbocycles. The summed E-state index contributed by atoms with van der Waals surface area (Å²) in [4.78, 5) is 16.9. The molecule has 1 fully saturated rings. The second-order valence-electron chi connectivity index (χ2n) is 10.5. The number of fused-ring (bicyclic) bond motifs is 1. The molecule has 8 nitrogen and oxygen atoms in total. The van der Waals surface area contributed by atoms with Crippen LogP contribution in [0, 0.1) is 23.7 Å². The second-order valence-corrected chi connectivity index (χ2v) is 12.4. The quantitative estimate of drug-likeness (QED) is 0.581. The van der Waals surface area contributed by atoms with E-state index in [1.165, 1.54) is 16.8 Å². The Morgan fingerprint density at radius 3 is 2.56 bits per heavy atom. The number of carbonyl (C=O) groups is 1. The van der Waals surface area contributed by atoms with Gasteiger partial charge in [-0.15, -0.1) is 0 Å². The van der Waals surface area contributed by atoms with Gasteiger partial charge in [0.1, 0.15) is 16.7 Å². The number of likely N-dealkylation sites (N-methyl/N-ethyl adjacent to an activating group) is 1. The number of rotatable bonds is 6. The van der Waals surface area contributed by atoms with Gasteiger partial charge < -0.3 is 14.7 Å². The van der Waals surface area contributed by atoms with Crippen LogP contribution in [0.3, 0.4) is 0 Å². The van der Waals surface area contributed by atoms with Crippen molar-refractivity contribution in [3.8, 4) is 17.6 Å². The summed E-state index contributed by atoms with van der Waals surface area (Å²) < 4.78 is 35.0. The van der Waals surface area contributed by atoms with Crippen LogP contribution in [-0.4, -0.2) is 93.1 Å². The summed E-state index contributed by atoms with van der Waals surface area (Å²) in [6, 6.07) is 4.30. The number of ether oxygens (including phenoxy) is 1. The molecule has 1 aromatic rings. The molecule has 1 aliphatic carbocycles. The van der Waals surface area contributed by atoms with Crippen LogP contribution >= 0.6 is 0 Å². The van der Waals surface area contributed by atoms with Crippen LogP contribution in [0.4, 0.5) is 0 Å². The highest BCUT2D eigenvalue weighted by Gasteiger charge is 2.38. The van der Waals surface area contributed by atoms with Gasteiger partial charge in [-0.05, 0) is 52.1 Å². The van der Waals surface area contributed by atoms with Crippen molar-refractivity contribution in [3.63, 3.8) is 0 Å². The third-order valence-corrected chi connectivity index (χ3v) is 9.10. The molecule has 2 aliphatic rings. The molecule has 1 N–H and O–H groups in total. The molecule has 1 heterocycles. The molecule has 1 amide bonds. The van der Waals surface area contributed by atoms with Gasteiger partial charge in [-0.3, -0.25) is 9.69 Å². The average Bonchev–Trinajstić information content (AvgIpc) is 2.85. The van der Waals surface area contributed by atoms with E-state index in [-0.39, 0.29) is 41.5 Å². The van der Waals surface area contributed by atoms with Gasteiger partial charge in [-0.25, -0.2) is 8.42 Å². The van der Waals surface area contributed by atoms with Crippen LogP contribution < -0.4 is 4.74 Å². The molecule has 1 aromatic carbocycles. The maximum Gasteiger partial charge on any atom is 0.247 e. The average molecular weight is 520 g/mol. The molecule has 0 aromatic heterocycles. The first-order valence-electron chi connectivity index (χ1n) is 12.9. The zero-order valence-electron chi connectivity index (χ0n) is 22.2. The number of hydrogen-bond donors (Lipinski definition) is 1.